The summed E-state index contributed by atoms with van der Waals surface area (Å²) in [7, 11) is 1.67. The summed E-state index contributed by atoms with van der Waals surface area (Å²) >= 11 is 11.7. The molecule has 0 aliphatic heterocycles. The first kappa shape index (κ1) is 12.7. The molecule has 0 saturated heterocycles. The molecule has 0 amide bonds. The second-order valence-electron chi connectivity index (χ2n) is 3.09. The van der Waals surface area contributed by atoms with E-state index in [1.807, 2.05) is 0 Å². The predicted octanol–water partition coefficient (Wildman–Crippen LogP) is 1.00. The molecular weight excluding hydrogens is 239 g/mol. The van der Waals surface area contributed by atoms with Gasteiger partial charge in [0.25, 0.3) is 0 Å². The van der Waals surface area contributed by atoms with E-state index in [4.69, 9.17) is 23.2 Å². The molecule has 84 valence electrons. The van der Waals surface area contributed by atoms with Crippen LogP contribution in [-0.2, 0) is 0 Å². The summed E-state index contributed by atoms with van der Waals surface area (Å²) in [4.78, 5) is 3.76. The molecule has 1 heterocycles. The Bertz CT molecular complexity index is 316. The Morgan fingerprint density at radius 2 is 1.87 bits per heavy atom. The number of rotatable bonds is 4. The molecule has 2 unspecified atom stereocenters. The van der Waals surface area contributed by atoms with Gasteiger partial charge in [0.05, 0.1) is 16.1 Å². The molecule has 2 atom stereocenters. The van der Waals surface area contributed by atoms with Gasteiger partial charge >= 0.3 is 0 Å². The first-order valence-corrected chi connectivity index (χ1v) is 5.13. The van der Waals surface area contributed by atoms with E-state index in [9.17, 15) is 10.2 Å². The van der Waals surface area contributed by atoms with Crippen LogP contribution in [0.2, 0.25) is 10.0 Å². The number of aromatic nitrogens is 1. The Hall–Kier alpha value is -0.390. The number of nitrogens with one attached hydrogen (secondary N) is 1. The Morgan fingerprint density at radius 1 is 1.33 bits per heavy atom. The van der Waals surface area contributed by atoms with E-state index >= 15 is 0 Å². The van der Waals surface area contributed by atoms with Gasteiger partial charge in [0, 0.05) is 24.5 Å². The molecule has 4 nitrogen and oxygen atoms in total. The van der Waals surface area contributed by atoms with E-state index < -0.39 is 12.2 Å². The van der Waals surface area contributed by atoms with Gasteiger partial charge < -0.3 is 15.5 Å². The first-order chi connectivity index (χ1) is 7.07. The van der Waals surface area contributed by atoms with Gasteiger partial charge in [0.15, 0.2) is 0 Å². The summed E-state index contributed by atoms with van der Waals surface area (Å²) in [5.74, 6) is 0. The third-order valence-electron chi connectivity index (χ3n) is 1.96. The molecule has 0 aliphatic rings. The second-order valence-corrected chi connectivity index (χ2v) is 3.90. The maximum absolute atomic E-state index is 9.80. The molecule has 0 aromatic carbocycles. The van der Waals surface area contributed by atoms with E-state index in [0.717, 1.165) is 0 Å². The maximum atomic E-state index is 9.80. The van der Waals surface area contributed by atoms with Crippen molar-refractivity contribution in [3.05, 3.63) is 28.0 Å². The topological polar surface area (TPSA) is 65.4 Å². The van der Waals surface area contributed by atoms with E-state index in [1.165, 1.54) is 12.4 Å². The molecule has 15 heavy (non-hydrogen) atoms. The highest BCUT2D eigenvalue weighted by Gasteiger charge is 2.22. The van der Waals surface area contributed by atoms with Gasteiger partial charge in [0.1, 0.15) is 6.10 Å². The summed E-state index contributed by atoms with van der Waals surface area (Å²) < 4.78 is 0. The fourth-order valence-corrected chi connectivity index (χ4v) is 1.81. The number of likely N-dealkylation sites (N-methyl/N-ethyl adjacent to an activating group) is 1. The Kier molecular flexibility index (Phi) is 4.76. The normalized spacial score (nSPS) is 15.0. The number of hydrogen-bond acceptors (Lipinski definition) is 4. The molecule has 0 spiro atoms. The summed E-state index contributed by atoms with van der Waals surface area (Å²) in [6.07, 6.45) is 0.656. The van der Waals surface area contributed by atoms with Crippen molar-refractivity contribution in [3.8, 4) is 0 Å². The van der Waals surface area contributed by atoms with Gasteiger partial charge in [0.2, 0.25) is 0 Å². The number of nitrogens with zero attached hydrogens (tertiary/aromatic N) is 1. The largest absolute Gasteiger partial charge is 0.389 e. The zero-order valence-corrected chi connectivity index (χ0v) is 9.63. The van der Waals surface area contributed by atoms with Crippen molar-refractivity contribution in [2.45, 2.75) is 12.2 Å². The quantitative estimate of drug-likeness (QED) is 0.747. The molecule has 0 fully saturated rings. The average molecular weight is 251 g/mol. The van der Waals surface area contributed by atoms with E-state index in [2.05, 4.69) is 10.3 Å². The number of aliphatic hydroxyl groups excluding tert-OH is 2. The Labute approximate surface area is 97.9 Å². The van der Waals surface area contributed by atoms with Crippen LogP contribution in [0.5, 0.6) is 0 Å². The Morgan fingerprint density at radius 3 is 2.33 bits per heavy atom. The van der Waals surface area contributed by atoms with Crippen molar-refractivity contribution in [2.75, 3.05) is 13.6 Å². The van der Waals surface area contributed by atoms with Gasteiger partial charge in [-0.15, -0.1) is 0 Å². The van der Waals surface area contributed by atoms with Crippen LogP contribution in [-0.4, -0.2) is 34.9 Å². The lowest BCUT2D eigenvalue weighted by molar-refractivity contribution is 0.0203. The van der Waals surface area contributed by atoms with Gasteiger partial charge in [-0.05, 0) is 7.05 Å². The van der Waals surface area contributed by atoms with E-state index in [1.54, 1.807) is 7.05 Å². The fraction of sp³-hybridized carbons (Fsp3) is 0.444. The lowest BCUT2D eigenvalue weighted by Crippen LogP contribution is -2.29. The predicted molar refractivity (Wildman–Crippen MR) is 59.2 cm³/mol. The van der Waals surface area contributed by atoms with Gasteiger partial charge in [-0.1, -0.05) is 23.2 Å². The fourth-order valence-electron chi connectivity index (χ4n) is 1.22. The Balaban J connectivity index is 2.94. The zero-order chi connectivity index (χ0) is 11.4. The average Bonchev–Trinajstić information content (AvgIpc) is 2.17. The highest BCUT2D eigenvalue weighted by molar-refractivity contribution is 6.35. The van der Waals surface area contributed by atoms with Gasteiger partial charge in [-0.3, -0.25) is 4.98 Å². The molecule has 0 aliphatic carbocycles. The third-order valence-corrected chi connectivity index (χ3v) is 2.57. The SMILES string of the molecule is CNCC(O)C(O)c1c(Cl)cncc1Cl. The van der Waals surface area contributed by atoms with E-state index in [-0.39, 0.29) is 16.6 Å². The minimum atomic E-state index is -1.12. The molecule has 3 N–H and O–H groups in total. The van der Waals surface area contributed by atoms with Crippen LogP contribution in [0.25, 0.3) is 0 Å². The molecule has 6 heteroatoms. The lowest BCUT2D eigenvalue weighted by atomic mass is 10.1. The van der Waals surface area contributed by atoms with Gasteiger partial charge in [-0.25, -0.2) is 0 Å². The van der Waals surface area contributed by atoms with Crippen molar-refractivity contribution >= 4 is 23.2 Å². The standard InChI is InChI=1S/C9H12Cl2N2O2/c1-12-4-7(14)9(15)8-5(10)2-13-3-6(8)11/h2-3,7,9,12,14-15H,4H2,1H3. The van der Waals surface area contributed by atoms with Gasteiger partial charge in [-0.2, -0.15) is 0 Å². The van der Waals surface area contributed by atoms with Crippen molar-refractivity contribution in [1.29, 1.82) is 0 Å². The number of halogens is 2. The van der Waals surface area contributed by atoms with Crippen LogP contribution in [0.3, 0.4) is 0 Å². The van der Waals surface area contributed by atoms with Crippen LogP contribution in [0.1, 0.15) is 11.7 Å². The first-order valence-electron chi connectivity index (χ1n) is 4.37. The molecule has 1 rings (SSSR count). The zero-order valence-electron chi connectivity index (χ0n) is 8.11. The third kappa shape index (κ3) is 3.03. The van der Waals surface area contributed by atoms with Crippen molar-refractivity contribution in [3.63, 3.8) is 0 Å². The molecule has 1 aromatic rings. The highest BCUT2D eigenvalue weighted by atomic mass is 35.5. The molecule has 0 radical (unpaired) electrons. The summed E-state index contributed by atoms with van der Waals surface area (Å²) in [5, 5.41) is 22.6. The monoisotopic (exact) mass is 250 g/mol. The van der Waals surface area contributed by atoms with Crippen molar-refractivity contribution in [1.82, 2.24) is 10.3 Å². The van der Waals surface area contributed by atoms with Crippen LogP contribution in [0.4, 0.5) is 0 Å². The molecule has 1 aromatic heterocycles. The maximum Gasteiger partial charge on any atom is 0.109 e. The van der Waals surface area contributed by atoms with Crippen molar-refractivity contribution in [2.24, 2.45) is 0 Å². The minimum absolute atomic E-state index is 0.241. The van der Waals surface area contributed by atoms with E-state index in [0.29, 0.717) is 5.56 Å². The van der Waals surface area contributed by atoms with Crippen molar-refractivity contribution < 1.29 is 10.2 Å². The molecule has 0 saturated carbocycles. The number of hydrogen-bond donors (Lipinski definition) is 3. The summed E-state index contributed by atoms with van der Waals surface area (Å²) in [5.41, 5.74) is 0.302. The van der Waals surface area contributed by atoms with Crippen LogP contribution in [0.15, 0.2) is 12.4 Å². The number of aliphatic hydroxyl groups is 2. The molecule has 0 bridgehead atoms. The second kappa shape index (κ2) is 5.63. The lowest BCUT2D eigenvalue weighted by Gasteiger charge is -2.19. The smallest absolute Gasteiger partial charge is 0.109 e. The van der Waals surface area contributed by atoms with Crippen LogP contribution < -0.4 is 5.32 Å². The summed E-state index contributed by atoms with van der Waals surface area (Å²) in [6, 6.07) is 0. The highest BCUT2D eigenvalue weighted by Crippen LogP contribution is 2.30. The summed E-state index contributed by atoms with van der Waals surface area (Å²) in [6.45, 7) is 0.246. The minimum Gasteiger partial charge on any atom is -0.389 e. The van der Waals surface area contributed by atoms with Crippen LogP contribution >= 0.6 is 23.2 Å². The van der Waals surface area contributed by atoms with Crippen LogP contribution in [0, 0.1) is 0 Å². The molecular formula is C9H12Cl2N2O2. The number of pyridine rings is 1.